The van der Waals surface area contributed by atoms with Crippen molar-refractivity contribution in [2.75, 3.05) is 13.1 Å². The van der Waals surface area contributed by atoms with Gasteiger partial charge in [-0.25, -0.2) is 0 Å². The maximum atomic E-state index is 5.49. The number of thiocarbonyl (C=S) groups is 1. The minimum atomic E-state index is 0.667. The lowest BCUT2D eigenvalue weighted by Crippen LogP contribution is -2.44. The summed E-state index contributed by atoms with van der Waals surface area (Å²) in [4.78, 5) is 2.38. The number of nitrogens with one attached hydrogen (secondary N) is 1. The van der Waals surface area contributed by atoms with E-state index in [0.29, 0.717) is 6.04 Å². The van der Waals surface area contributed by atoms with E-state index in [2.05, 4.69) is 10.2 Å². The Morgan fingerprint density at radius 1 is 0.933 bits per heavy atom. The van der Waals surface area contributed by atoms with Crippen LogP contribution in [0.25, 0.3) is 0 Å². The second kappa shape index (κ2) is 5.69. The van der Waals surface area contributed by atoms with Crippen LogP contribution in [0.15, 0.2) is 0 Å². The maximum absolute atomic E-state index is 5.49. The SMILES string of the molecule is S=C(NC1CCCC1)N1CCCCCC1. The normalized spacial score (nSPS) is 23.9. The molecule has 0 bridgehead atoms. The number of nitrogens with zero attached hydrogens (tertiary/aromatic N) is 1. The Bertz CT molecular complexity index is 204. The van der Waals surface area contributed by atoms with Crippen LogP contribution in [0.4, 0.5) is 0 Å². The Morgan fingerprint density at radius 3 is 2.13 bits per heavy atom. The summed E-state index contributed by atoms with van der Waals surface area (Å²) < 4.78 is 0. The van der Waals surface area contributed by atoms with Gasteiger partial charge in [-0.3, -0.25) is 0 Å². The van der Waals surface area contributed by atoms with Crippen LogP contribution in [0.5, 0.6) is 0 Å². The fourth-order valence-corrected chi connectivity index (χ4v) is 2.96. The first-order valence-electron chi connectivity index (χ1n) is 6.42. The van der Waals surface area contributed by atoms with Crippen LogP contribution in [0.1, 0.15) is 51.4 Å². The summed E-state index contributed by atoms with van der Waals surface area (Å²) >= 11 is 5.49. The van der Waals surface area contributed by atoms with Gasteiger partial charge in [0, 0.05) is 19.1 Å². The zero-order valence-electron chi connectivity index (χ0n) is 9.50. The van der Waals surface area contributed by atoms with Gasteiger partial charge >= 0.3 is 0 Å². The highest BCUT2D eigenvalue weighted by molar-refractivity contribution is 7.80. The molecule has 2 aliphatic rings. The second-order valence-electron chi connectivity index (χ2n) is 4.83. The lowest BCUT2D eigenvalue weighted by atomic mass is 10.2. The lowest BCUT2D eigenvalue weighted by molar-refractivity contribution is 0.417. The molecule has 1 N–H and O–H groups in total. The molecule has 0 amide bonds. The van der Waals surface area contributed by atoms with Gasteiger partial charge in [0.2, 0.25) is 0 Å². The highest BCUT2D eigenvalue weighted by Gasteiger charge is 2.18. The topological polar surface area (TPSA) is 15.3 Å². The fourth-order valence-electron chi connectivity index (χ4n) is 2.61. The largest absolute Gasteiger partial charge is 0.360 e. The van der Waals surface area contributed by atoms with Crippen molar-refractivity contribution >= 4 is 17.3 Å². The van der Waals surface area contributed by atoms with E-state index in [1.165, 1.54) is 64.5 Å². The molecule has 0 unspecified atom stereocenters. The van der Waals surface area contributed by atoms with Gasteiger partial charge in [-0.15, -0.1) is 0 Å². The molecular formula is C12H22N2S. The number of hydrogen-bond donors (Lipinski definition) is 1. The smallest absolute Gasteiger partial charge is 0.169 e. The molecule has 0 atom stereocenters. The predicted octanol–water partition coefficient (Wildman–Crippen LogP) is 2.68. The quantitative estimate of drug-likeness (QED) is 0.692. The molecule has 86 valence electrons. The molecule has 0 aromatic carbocycles. The van der Waals surface area contributed by atoms with E-state index in [0.717, 1.165) is 5.11 Å². The van der Waals surface area contributed by atoms with Crippen molar-refractivity contribution in [3.05, 3.63) is 0 Å². The van der Waals surface area contributed by atoms with Gasteiger partial charge in [0.25, 0.3) is 0 Å². The molecule has 15 heavy (non-hydrogen) atoms. The number of hydrogen-bond acceptors (Lipinski definition) is 1. The average Bonchev–Trinajstić information content (AvgIpc) is 2.58. The summed E-state index contributed by atoms with van der Waals surface area (Å²) in [6.07, 6.45) is 10.8. The van der Waals surface area contributed by atoms with E-state index >= 15 is 0 Å². The molecule has 2 fully saturated rings. The molecule has 1 aliphatic heterocycles. The number of likely N-dealkylation sites (tertiary alicyclic amines) is 1. The molecule has 1 heterocycles. The van der Waals surface area contributed by atoms with E-state index < -0.39 is 0 Å². The predicted molar refractivity (Wildman–Crippen MR) is 68.0 cm³/mol. The molecule has 2 rings (SSSR count). The highest BCUT2D eigenvalue weighted by Crippen LogP contribution is 2.18. The average molecular weight is 226 g/mol. The van der Waals surface area contributed by atoms with Crippen LogP contribution in [-0.2, 0) is 0 Å². The summed E-state index contributed by atoms with van der Waals surface area (Å²) in [5, 5.41) is 4.55. The third-order valence-corrected chi connectivity index (χ3v) is 3.95. The van der Waals surface area contributed by atoms with Crippen molar-refractivity contribution in [1.29, 1.82) is 0 Å². The summed E-state index contributed by atoms with van der Waals surface area (Å²) in [5.41, 5.74) is 0. The zero-order chi connectivity index (χ0) is 10.5. The minimum absolute atomic E-state index is 0.667. The van der Waals surface area contributed by atoms with E-state index in [1.807, 2.05) is 0 Å². The van der Waals surface area contributed by atoms with Gasteiger partial charge in [-0.05, 0) is 37.9 Å². The fraction of sp³-hybridized carbons (Fsp3) is 0.917. The summed E-state index contributed by atoms with van der Waals surface area (Å²) in [6.45, 7) is 2.33. The van der Waals surface area contributed by atoms with E-state index in [-0.39, 0.29) is 0 Å². The number of rotatable bonds is 1. The third kappa shape index (κ3) is 3.33. The van der Waals surface area contributed by atoms with Crippen molar-refractivity contribution in [1.82, 2.24) is 10.2 Å². The van der Waals surface area contributed by atoms with Crippen LogP contribution in [0.3, 0.4) is 0 Å². The Labute approximate surface area is 98.4 Å². The molecule has 0 aromatic heterocycles. The minimum Gasteiger partial charge on any atom is -0.360 e. The van der Waals surface area contributed by atoms with Crippen molar-refractivity contribution in [3.8, 4) is 0 Å². The summed E-state index contributed by atoms with van der Waals surface area (Å²) in [7, 11) is 0. The summed E-state index contributed by atoms with van der Waals surface area (Å²) in [6, 6.07) is 0.667. The van der Waals surface area contributed by atoms with Gasteiger partial charge in [0.05, 0.1) is 0 Å². The highest BCUT2D eigenvalue weighted by atomic mass is 32.1. The first kappa shape index (κ1) is 11.2. The van der Waals surface area contributed by atoms with E-state index in [4.69, 9.17) is 12.2 Å². The first-order valence-corrected chi connectivity index (χ1v) is 6.82. The Hall–Kier alpha value is -0.310. The summed E-state index contributed by atoms with van der Waals surface area (Å²) in [5.74, 6) is 0. The maximum Gasteiger partial charge on any atom is 0.169 e. The molecular weight excluding hydrogens is 204 g/mol. The molecule has 0 aromatic rings. The standard InChI is InChI=1S/C12H22N2S/c15-12(13-11-7-3-4-8-11)14-9-5-1-2-6-10-14/h11H,1-10H2,(H,13,15). The van der Waals surface area contributed by atoms with Crippen LogP contribution in [-0.4, -0.2) is 29.1 Å². The lowest BCUT2D eigenvalue weighted by Gasteiger charge is -2.26. The van der Waals surface area contributed by atoms with Crippen LogP contribution in [0.2, 0.25) is 0 Å². The Kier molecular flexibility index (Phi) is 4.24. The zero-order valence-corrected chi connectivity index (χ0v) is 10.3. The van der Waals surface area contributed by atoms with Gasteiger partial charge in [-0.1, -0.05) is 25.7 Å². The van der Waals surface area contributed by atoms with Crippen molar-refractivity contribution < 1.29 is 0 Å². The van der Waals surface area contributed by atoms with Crippen molar-refractivity contribution in [3.63, 3.8) is 0 Å². The Morgan fingerprint density at radius 2 is 1.53 bits per heavy atom. The van der Waals surface area contributed by atoms with Crippen LogP contribution >= 0.6 is 12.2 Å². The molecule has 0 radical (unpaired) electrons. The molecule has 1 saturated heterocycles. The van der Waals surface area contributed by atoms with Crippen LogP contribution in [0, 0.1) is 0 Å². The first-order chi connectivity index (χ1) is 7.36. The van der Waals surface area contributed by atoms with Gasteiger partial charge in [0.1, 0.15) is 0 Å². The van der Waals surface area contributed by atoms with Gasteiger partial charge in [-0.2, -0.15) is 0 Å². The third-order valence-electron chi connectivity index (χ3n) is 3.58. The van der Waals surface area contributed by atoms with Crippen molar-refractivity contribution in [2.24, 2.45) is 0 Å². The van der Waals surface area contributed by atoms with E-state index in [9.17, 15) is 0 Å². The molecule has 2 nitrogen and oxygen atoms in total. The molecule has 0 spiro atoms. The van der Waals surface area contributed by atoms with Gasteiger partial charge < -0.3 is 10.2 Å². The van der Waals surface area contributed by atoms with Crippen molar-refractivity contribution in [2.45, 2.75) is 57.4 Å². The monoisotopic (exact) mass is 226 g/mol. The molecule has 1 saturated carbocycles. The van der Waals surface area contributed by atoms with Gasteiger partial charge in [0.15, 0.2) is 5.11 Å². The second-order valence-corrected chi connectivity index (χ2v) is 5.22. The molecule has 1 aliphatic carbocycles. The van der Waals surface area contributed by atoms with E-state index in [1.54, 1.807) is 0 Å². The Balaban J connectivity index is 1.77. The van der Waals surface area contributed by atoms with Crippen LogP contribution < -0.4 is 5.32 Å². The molecule has 3 heteroatoms.